The molecule has 142 valence electrons. The molecular formula is C20H23F2N4S+. The number of benzene rings is 1. The summed E-state index contributed by atoms with van der Waals surface area (Å²) in [7, 11) is 1.88. The van der Waals surface area contributed by atoms with E-state index < -0.39 is 11.6 Å². The van der Waals surface area contributed by atoms with E-state index in [1.165, 1.54) is 23.9 Å². The number of rotatable bonds is 7. The van der Waals surface area contributed by atoms with Gasteiger partial charge in [-0.3, -0.25) is 10.3 Å². The molecule has 1 aliphatic heterocycles. The zero-order chi connectivity index (χ0) is 19.4. The van der Waals surface area contributed by atoms with Gasteiger partial charge in [-0.25, -0.2) is 18.3 Å². The van der Waals surface area contributed by atoms with Gasteiger partial charge in [0.2, 0.25) is 5.03 Å². The van der Waals surface area contributed by atoms with Crippen LogP contribution in [0.2, 0.25) is 0 Å². The molecule has 0 saturated heterocycles. The van der Waals surface area contributed by atoms with Crippen LogP contribution >= 0.6 is 11.8 Å². The van der Waals surface area contributed by atoms with Crippen molar-refractivity contribution in [1.29, 1.82) is 0 Å². The molecule has 0 radical (unpaired) electrons. The number of thioether (sulfide) groups is 1. The highest BCUT2D eigenvalue weighted by molar-refractivity contribution is 8.02. The molecule has 0 amide bonds. The molecule has 2 heterocycles. The quantitative estimate of drug-likeness (QED) is 0.708. The summed E-state index contributed by atoms with van der Waals surface area (Å²) in [5.41, 5.74) is 2.00. The van der Waals surface area contributed by atoms with Gasteiger partial charge in [-0.05, 0) is 37.0 Å². The lowest BCUT2D eigenvalue weighted by Gasteiger charge is -2.32. The van der Waals surface area contributed by atoms with Crippen molar-refractivity contribution < 1.29 is 13.3 Å². The van der Waals surface area contributed by atoms with Crippen LogP contribution in [0.5, 0.6) is 0 Å². The van der Waals surface area contributed by atoms with Crippen molar-refractivity contribution in [2.24, 2.45) is 10.9 Å². The van der Waals surface area contributed by atoms with Crippen LogP contribution in [-0.4, -0.2) is 29.5 Å². The lowest BCUT2D eigenvalue weighted by molar-refractivity contribution is -0.802. The number of nitrogens with zero attached hydrogens (tertiary/aromatic N) is 3. The van der Waals surface area contributed by atoms with Crippen LogP contribution in [0.15, 0.2) is 63.3 Å². The first-order valence-electron chi connectivity index (χ1n) is 8.78. The molecule has 4 nitrogen and oxygen atoms in total. The van der Waals surface area contributed by atoms with Gasteiger partial charge in [0.1, 0.15) is 30.5 Å². The highest BCUT2D eigenvalue weighted by Gasteiger charge is 2.40. The lowest BCUT2D eigenvalue weighted by Crippen LogP contribution is -2.48. The summed E-state index contributed by atoms with van der Waals surface area (Å²) in [6.45, 7) is 5.40. The van der Waals surface area contributed by atoms with Crippen molar-refractivity contribution in [2.45, 2.75) is 25.3 Å². The standard InChI is InChI=1S/C20H23F2N4S/c1-14(2)19-20(27-18-8-16(21)7-17(22)9-18)26(12-23-3,13-25-19)11-15-5-4-6-24-10-15/h4-10,13-14,23H,11-12H2,1-3H3/q+1. The molecule has 0 bridgehead atoms. The summed E-state index contributed by atoms with van der Waals surface area (Å²) in [5.74, 6) is -0.975. The third-order valence-electron chi connectivity index (χ3n) is 4.27. The van der Waals surface area contributed by atoms with E-state index >= 15 is 0 Å². The van der Waals surface area contributed by atoms with E-state index in [-0.39, 0.29) is 5.92 Å². The first-order chi connectivity index (χ1) is 12.9. The van der Waals surface area contributed by atoms with E-state index in [2.05, 4.69) is 29.1 Å². The number of hydrogen-bond acceptors (Lipinski definition) is 4. The fourth-order valence-corrected chi connectivity index (χ4v) is 4.44. The predicted molar refractivity (Wildman–Crippen MR) is 105 cm³/mol. The van der Waals surface area contributed by atoms with Crippen LogP contribution < -0.4 is 5.32 Å². The molecule has 1 N–H and O–H groups in total. The van der Waals surface area contributed by atoms with Gasteiger partial charge in [-0.2, -0.15) is 0 Å². The number of hydrogen-bond donors (Lipinski definition) is 1. The van der Waals surface area contributed by atoms with Crippen molar-refractivity contribution in [2.75, 3.05) is 13.7 Å². The van der Waals surface area contributed by atoms with Gasteiger partial charge in [-0.1, -0.05) is 19.9 Å². The maximum absolute atomic E-state index is 13.7. The lowest BCUT2D eigenvalue weighted by atomic mass is 10.1. The highest BCUT2D eigenvalue weighted by atomic mass is 32.2. The third-order valence-corrected chi connectivity index (χ3v) is 5.50. The van der Waals surface area contributed by atoms with Gasteiger partial charge in [0, 0.05) is 34.8 Å². The number of aliphatic imine (C=N–C) groups is 1. The molecule has 3 rings (SSSR count). The van der Waals surface area contributed by atoms with E-state index in [9.17, 15) is 8.78 Å². The molecule has 7 heteroatoms. The topological polar surface area (TPSA) is 37.3 Å². The molecule has 27 heavy (non-hydrogen) atoms. The molecule has 0 aliphatic carbocycles. The largest absolute Gasteiger partial charge is 0.273 e. The Morgan fingerprint density at radius 3 is 2.52 bits per heavy atom. The average Bonchev–Trinajstić information content (AvgIpc) is 2.93. The second kappa shape index (κ2) is 8.29. The Kier molecular flexibility index (Phi) is 6.04. The summed E-state index contributed by atoms with van der Waals surface area (Å²) in [6.07, 6.45) is 5.49. The van der Waals surface area contributed by atoms with E-state index in [4.69, 9.17) is 0 Å². The first-order valence-corrected chi connectivity index (χ1v) is 9.59. The van der Waals surface area contributed by atoms with Crippen molar-refractivity contribution in [1.82, 2.24) is 10.3 Å². The van der Waals surface area contributed by atoms with E-state index in [1.807, 2.05) is 31.7 Å². The normalized spacial score (nSPS) is 19.3. The number of quaternary nitrogens is 1. The Hall–Kier alpha value is -2.09. The van der Waals surface area contributed by atoms with Crippen LogP contribution in [-0.2, 0) is 6.54 Å². The Balaban J connectivity index is 2.04. The fraction of sp³-hybridized carbons (Fsp3) is 0.300. The Bertz CT molecular complexity index is 847. The number of aromatic nitrogens is 1. The van der Waals surface area contributed by atoms with Crippen LogP contribution in [0.25, 0.3) is 0 Å². The van der Waals surface area contributed by atoms with E-state index in [0.29, 0.717) is 22.6 Å². The fourth-order valence-electron chi connectivity index (χ4n) is 3.13. The number of pyridine rings is 1. The summed E-state index contributed by atoms with van der Waals surface area (Å²) in [5, 5.41) is 4.20. The maximum atomic E-state index is 13.7. The minimum absolute atomic E-state index is 0.188. The zero-order valence-electron chi connectivity index (χ0n) is 15.6. The summed E-state index contributed by atoms with van der Waals surface area (Å²) in [4.78, 5) is 9.42. The van der Waals surface area contributed by atoms with Crippen molar-refractivity contribution in [3.05, 3.63) is 70.6 Å². The molecule has 1 unspecified atom stereocenters. The molecule has 1 aliphatic rings. The molecule has 1 aromatic carbocycles. The molecule has 0 fully saturated rings. The van der Waals surface area contributed by atoms with Gasteiger partial charge >= 0.3 is 0 Å². The summed E-state index contributed by atoms with van der Waals surface area (Å²) in [6, 6.07) is 7.52. The second-order valence-corrected chi connectivity index (χ2v) is 7.92. The van der Waals surface area contributed by atoms with Gasteiger partial charge in [-0.15, -0.1) is 0 Å². The Labute approximate surface area is 162 Å². The third kappa shape index (κ3) is 4.43. The van der Waals surface area contributed by atoms with Crippen LogP contribution in [0, 0.1) is 17.6 Å². The summed E-state index contributed by atoms with van der Waals surface area (Å²) >= 11 is 1.37. The SMILES string of the molecule is CNC[N+]1(Cc2cccnc2)C=NC(C(C)C)=C1Sc1cc(F)cc(F)c1. The van der Waals surface area contributed by atoms with Crippen molar-refractivity contribution in [3.8, 4) is 0 Å². The minimum Gasteiger partial charge on any atom is -0.273 e. The second-order valence-electron chi connectivity index (χ2n) is 6.86. The monoisotopic (exact) mass is 389 g/mol. The van der Waals surface area contributed by atoms with Crippen LogP contribution in [0.3, 0.4) is 0 Å². The minimum atomic E-state index is -0.581. The van der Waals surface area contributed by atoms with Gasteiger partial charge < -0.3 is 0 Å². The number of nitrogens with one attached hydrogen (secondary N) is 1. The Morgan fingerprint density at radius 1 is 1.19 bits per heavy atom. The van der Waals surface area contributed by atoms with Crippen molar-refractivity contribution in [3.63, 3.8) is 0 Å². The Morgan fingerprint density at radius 2 is 1.93 bits per heavy atom. The molecule has 1 aromatic heterocycles. The summed E-state index contributed by atoms with van der Waals surface area (Å²) < 4.78 is 27.9. The predicted octanol–water partition coefficient (Wildman–Crippen LogP) is 4.51. The van der Waals surface area contributed by atoms with Gasteiger partial charge in [0.05, 0.1) is 0 Å². The van der Waals surface area contributed by atoms with Crippen LogP contribution in [0.4, 0.5) is 8.78 Å². The molecule has 1 atom stereocenters. The number of allylic oxidation sites excluding steroid dienone is 1. The van der Waals surface area contributed by atoms with E-state index in [1.54, 1.807) is 6.20 Å². The molecular weight excluding hydrogens is 366 g/mol. The van der Waals surface area contributed by atoms with Gasteiger partial charge in [0.15, 0.2) is 6.34 Å². The molecule has 2 aromatic rings. The molecule has 0 spiro atoms. The molecule has 0 saturated carbocycles. The van der Waals surface area contributed by atoms with Crippen molar-refractivity contribution >= 4 is 18.1 Å². The maximum Gasteiger partial charge on any atom is 0.201 e. The first kappa shape index (κ1) is 19.7. The van der Waals surface area contributed by atoms with E-state index in [0.717, 1.165) is 22.4 Å². The average molecular weight is 389 g/mol. The van der Waals surface area contributed by atoms with Crippen LogP contribution in [0.1, 0.15) is 19.4 Å². The zero-order valence-corrected chi connectivity index (χ0v) is 16.4. The highest BCUT2D eigenvalue weighted by Crippen LogP contribution is 2.42. The smallest absolute Gasteiger partial charge is 0.201 e. The number of halogens is 2. The van der Waals surface area contributed by atoms with Gasteiger partial charge in [0.25, 0.3) is 0 Å².